The van der Waals surface area contributed by atoms with Crippen molar-refractivity contribution in [1.82, 2.24) is 5.32 Å². The smallest absolute Gasteiger partial charge is 0.189 e. The van der Waals surface area contributed by atoms with Gasteiger partial charge in [0.15, 0.2) is 5.96 Å². The maximum Gasteiger partial charge on any atom is 0.189 e. The van der Waals surface area contributed by atoms with Crippen LogP contribution in [0, 0.1) is 0 Å². The molecule has 6 heteroatoms. The molecule has 0 spiro atoms. The number of hydrogen-bond acceptors (Lipinski definition) is 1. The van der Waals surface area contributed by atoms with E-state index in [1.807, 2.05) is 13.0 Å². The summed E-state index contributed by atoms with van der Waals surface area (Å²) in [6, 6.07) is 5.17. The summed E-state index contributed by atoms with van der Waals surface area (Å²) in [6.45, 7) is 1.89. The van der Waals surface area contributed by atoms with Gasteiger partial charge in [0.1, 0.15) is 0 Å². The summed E-state index contributed by atoms with van der Waals surface area (Å²) in [5.41, 5.74) is 6.56. The lowest BCUT2D eigenvalue weighted by Crippen LogP contribution is -2.34. The fraction of sp³-hybridized carbons (Fsp3) is 0.417. The molecule has 0 saturated heterocycles. The zero-order valence-electron chi connectivity index (χ0n) is 10.1. The topological polar surface area (TPSA) is 50.4 Å². The molecule has 0 heterocycles. The van der Waals surface area contributed by atoms with Gasteiger partial charge >= 0.3 is 0 Å². The van der Waals surface area contributed by atoms with Crippen molar-refractivity contribution in [3.05, 3.63) is 33.8 Å². The van der Waals surface area contributed by atoms with Crippen LogP contribution in [0.3, 0.4) is 0 Å². The van der Waals surface area contributed by atoms with Gasteiger partial charge in [-0.05, 0) is 31.0 Å². The van der Waals surface area contributed by atoms with Gasteiger partial charge in [-0.3, -0.25) is 9.38 Å². The second kappa shape index (κ2) is 7.44. The highest BCUT2D eigenvalue weighted by Crippen LogP contribution is 2.25. The largest absolute Gasteiger partial charge is 0.370 e. The number of halogens is 3. The third-order valence-corrected chi connectivity index (χ3v) is 2.93. The van der Waals surface area contributed by atoms with Crippen LogP contribution in [0.4, 0.5) is 4.39 Å². The SMILES string of the molecule is CC(NC(N)=NCCCF)c1ccc(Cl)cc1Cl. The molecule has 0 aliphatic carbocycles. The Morgan fingerprint density at radius 1 is 1.50 bits per heavy atom. The van der Waals surface area contributed by atoms with E-state index in [2.05, 4.69) is 10.3 Å². The Morgan fingerprint density at radius 2 is 2.22 bits per heavy atom. The van der Waals surface area contributed by atoms with Crippen molar-refractivity contribution >= 4 is 29.2 Å². The van der Waals surface area contributed by atoms with Crippen LogP contribution in [0.2, 0.25) is 10.0 Å². The van der Waals surface area contributed by atoms with Crippen LogP contribution in [-0.4, -0.2) is 19.2 Å². The molecule has 0 radical (unpaired) electrons. The van der Waals surface area contributed by atoms with Crippen molar-refractivity contribution in [2.75, 3.05) is 13.2 Å². The second-order valence-corrected chi connectivity index (χ2v) is 4.68. The summed E-state index contributed by atoms with van der Waals surface area (Å²) in [5.74, 6) is 0.280. The van der Waals surface area contributed by atoms with Gasteiger partial charge < -0.3 is 11.1 Å². The Balaban J connectivity index is 2.64. The highest BCUT2D eigenvalue weighted by Gasteiger charge is 2.10. The van der Waals surface area contributed by atoms with Crippen molar-refractivity contribution in [2.45, 2.75) is 19.4 Å². The van der Waals surface area contributed by atoms with Crippen LogP contribution >= 0.6 is 23.2 Å². The van der Waals surface area contributed by atoms with Crippen LogP contribution in [-0.2, 0) is 0 Å². The molecule has 0 aromatic heterocycles. The van der Waals surface area contributed by atoms with E-state index in [0.29, 0.717) is 23.0 Å². The summed E-state index contributed by atoms with van der Waals surface area (Å²) in [4.78, 5) is 4.00. The van der Waals surface area contributed by atoms with E-state index in [0.717, 1.165) is 5.56 Å². The third-order valence-electron chi connectivity index (χ3n) is 2.37. The molecule has 1 atom stereocenters. The van der Waals surface area contributed by atoms with Gasteiger partial charge in [-0.2, -0.15) is 0 Å². The first-order chi connectivity index (χ1) is 8.54. The van der Waals surface area contributed by atoms with Gasteiger partial charge in [-0.25, -0.2) is 0 Å². The predicted octanol–water partition coefficient (Wildman–Crippen LogP) is 3.32. The van der Waals surface area contributed by atoms with E-state index in [9.17, 15) is 4.39 Å². The van der Waals surface area contributed by atoms with Gasteiger partial charge in [0.05, 0.1) is 12.7 Å². The number of aliphatic imine (C=N–C) groups is 1. The van der Waals surface area contributed by atoms with Crippen LogP contribution in [0.1, 0.15) is 24.9 Å². The molecule has 0 saturated carbocycles. The number of rotatable bonds is 5. The number of nitrogens with two attached hydrogens (primary N) is 1. The summed E-state index contributed by atoms with van der Waals surface area (Å²) < 4.78 is 11.9. The van der Waals surface area contributed by atoms with Crippen LogP contribution in [0.25, 0.3) is 0 Å². The normalized spacial score (nSPS) is 13.4. The molecule has 18 heavy (non-hydrogen) atoms. The van der Waals surface area contributed by atoms with Crippen LogP contribution in [0.15, 0.2) is 23.2 Å². The van der Waals surface area contributed by atoms with Crippen LogP contribution in [0.5, 0.6) is 0 Å². The molecule has 0 amide bonds. The quantitative estimate of drug-likeness (QED) is 0.497. The molecule has 0 bridgehead atoms. The Labute approximate surface area is 116 Å². The molecule has 1 unspecified atom stereocenters. The van der Waals surface area contributed by atoms with Crippen molar-refractivity contribution in [3.63, 3.8) is 0 Å². The first-order valence-electron chi connectivity index (χ1n) is 5.62. The molecule has 1 aromatic rings. The molecular formula is C12H16Cl2FN3. The van der Waals surface area contributed by atoms with E-state index < -0.39 is 6.67 Å². The first-order valence-corrected chi connectivity index (χ1v) is 6.37. The van der Waals surface area contributed by atoms with Gasteiger partial charge in [0, 0.05) is 16.6 Å². The lowest BCUT2D eigenvalue weighted by atomic mass is 10.1. The van der Waals surface area contributed by atoms with Crippen LogP contribution < -0.4 is 11.1 Å². The second-order valence-electron chi connectivity index (χ2n) is 3.84. The molecule has 0 fully saturated rings. The first kappa shape index (κ1) is 15.1. The maximum atomic E-state index is 11.9. The van der Waals surface area contributed by atoms with Crippen molar-refractivity contribution in [1.29, 1.82) is 0 Å². The van der Waals surface area contributed by atoms with Gasteiger partial charge in [-0.15, -0.1) is 0 Å². The van der Waals surface area contributed by atoms with Crippen molar-refractivity contribution in [3.8, 4) is 0 Å². The minimum absolute atomic E-state index is 0.0936. The zero-order valence-corrected chi connectivity index (χ0v) is 11.6. The number of nitrogens with one attached hydrogen (secondary N) is 1. The maximum absolute atomic E-state index is 11.9. The van der Waals surface area contributed by atoms with Gasteiger partial charge in [0.25, 0.3) is 0 Å². The molecule has 0 aliphatic heterocycles. The summed E-state index contributed by atoms with van der Waals surface area (Å²) in [6.07, 6.45) is 0.373. The summed E-state index contributed by atoms with van der Waals surface area (Å²) >= 11 is 11.9. The predicted molar refractivity (Wildman–Crippen MR) is 75.1 cm³/mol. The average Bonchev–Trinajstić information content (AvgIpc) is 2.28. The highest BCUT2D eigenvalue weighted by molar-refractivity contribution is 6.35. The number of nitrogens with zero attached hydrogens (tertiary/aromatic N) is 1. The van der Waals surface area contributed by atoms with E-state index in [4.69, 9.17) is 28.9 Å². The Hall–Kier alpha value is -1.000. The van der Waals surface area contributed by atoms with Crippen molar-refractivity contribution < 1.29 is 4.39 Å². The standard InChI is InChI=1S/C12H16Cl2FN3/c1-8(18-12(16)17-6-2-5-15)10-4-3-9(13)7-11(10)14/h3-4,7-8H,2,5-6H2,1H3,(H3,16,17,18). The number of benzene rings is 1. The fourth-order valence-corrected chi connectivity index (χ4v) is 2.03. The fourth-order valence-electron chi connectivity index (χ4n) is 1.46. The highest BCUT2D eigenvalue weighted by atomic mass is 35.5. The molecule has 1 rings (SSSR count). The van der Waals surface area contributed by atoms with E-state index in [-0.39, 0.29) is 12.0 Å². The zero-order chi connectivity index (χ0) is 13.5. The third kappa shape index (κ3) is 4.70. The van der Waals surface area contributed by atoms with Gasteiger partial charge in [0.2, 0.25) is 0 Å². The summed E-state index contributed by atoms with van der Waals surface area (Å²) in [5, 5.41) is 4.15. The summed E-state index contributed by atoms with van der Waals surface area (Å²) in [7, 11) is 0. The number of alkyl halides is 1. The Kier molecular flexibility index (Phi) is 6.22. The molecule has 1 aromatic carbocycles. The Bertz CT molecular complexity index is 424. The molecule has 3 N–H and O–H groups in total. The van der Waals surface area contributed by atoms with Crippen molar-refractivity contribution in [2.24, 2.45) is 10.7 Å². The molecular weight excluding hydrogens is 276 g/mol. The average molecular weight is 292 g/mol. The molecule has 100 valence electrons. The van der Waals surface area contributed by atoms with Gasteiger partial charge in [-0.1, -0.05) is 29.3 Å². The minimum atomic E-state index is -0.394. The monoisotopic (exact) mass is 291 g/mol. The molecule has 3 nitrogen and oxygen atoms in total. The lowest BCUT2D eigenvalue weighted by molar-refractivity contribution is 0.477. The van der Waals surface area contributed by atoms with E-state index >= 15 is 0 Å². The lowest BCUT2D eigenvalue weighted by Gasteiger charge is -2.16. The number of guanidine groups is 1. The van der Waals surface area contributed by atoms with E-state index in [1.54, 1.807) is 12.1 Å². The Morgan fingerprint density at radius 3 is 2.83 bits per heavy atom. The number of hydrogen-bond donors (Lipinski definition) is 2. The van der Waals surface area contributed by atoms with E-state index in [1.165, 1.54) is 0 Å². The minimum Gasteiger partial charge on any atom is -0.370 e. The molecule has 0 aliphatic rings.